The van der Waals surface area contributed by atoms with Crippen molar-refractivity contribution in [2.45, 2.75) is 24.3 Å². The van der Waals surface area contributed by atoms with Gasteiger partial charge in [-0.2, -0.15) is 18.4 Å². The third kappa shape index (κ3) is 3.57. The monoisotopic (exact) mass is 319 g/mol. The van der Waals surface area contributed by atoms with Crippen molar-refractivity contribution in [2.24, 2.45) is 0 Å². The number of nitrogens with zero attached hydrogens (tertiary/aromatic N) is 1. The third-order valence-electron chi connectivity index (χ3n) is 2.37. The van der Waals surface area contributed by atoms with E-state index >= 15 is 0 Å². The van der Waals surface area contributed by atoms with E-state index < -0.39 is 22.1 Å². The number of alkyl halides is 4. The van der Waals surface area contributed by atoms with E-state index in [9.17, 15) is 18.0 Å². The number of benzene rings is 1. The summed E-state index contributed by atoms with van der Waals surface area (Å²) in [6.45, 7) is 1.35. The van der Waals surface area contributed by atoms with Crippen LogP contribution in [0.15, 0.2) is 18.2 Å². The number of carbonyl (C=O) groups is 1. The number of nitriles is 1. The van der Waals surface area contributed by atoms with E-state index in [0.29, 0.717) is 5.56 Å². The van der Waals surface area contributed by atoms with Crippen LogP contribution in [0.3, 0.4) is 0 Å². The molecule has 0 aliphatic carbocycles. The lowest BCUT2D eigenvalue weighted by Crippen LogP contribution is -2.14. The summed E-state index contributed by atoms with van der Waals surface area (Å²) in [4.78, 5) is 10.5. The molecule has 0 spiro atoms. The summed E-state index contributed by atoms with van der Waals surface area (Å²) in [7, 11) is 0. The Morgan fingerprint density at radius 2 is 2.11 bits per heavy atom. The van der Waals surface area contributed by atoms with E-state index in [-0.39, 0.29) is 12.2 Å². The van der Waals surface area contributed by atoms with Gasteiger partial charge in [-0.25, -0.2) is 0 Å². The lowest BCUT2D eigenvalue weighted by Gasteiger charge is -2.12. The Morgan fingerprint density at radius 3 is 2.56 bits per heavy atom. The minimum atomic E-state index is -4.57. The normalized spacial score (nSPS) is 12.9. The highest BCUT2D eigenvalue weighted by molar-refractivity contribution is 9.10. The molecule has 6 heteroatoms. The summed E-state index contributed by atoms with van der Waals surface area (Å²) >= 11 is 3.09. The molecule has 0 aliphatic heterocycles. The highest BCUT2D eigenvalue weighted by Crippen LogP contribution is 2.32. The van der Waals surface area contributed by atoms with Gasteiger partial charge in [0.05, 0.1) is 22.0 Å². The van der Waals surface area contributed by atoms with Gasteiger partial charge in [0.15, 0.2) is 0 Å². The Labute approximate surface area is 111 Å². The van der Waals surface area contributed by atoms with Crippen LogP contribution < -0.4 is 0 Å². The van der Waals surface area contributed by atoms with Gasteiger partial charge in [0.25, 0.3) is 0 Å². The van der Waals surface area contributed by atoms with Crippen molar-refractivity contribution in [2.75, 3.05) is 0 Å². The van der Waals surface area contributed by atoms with E-state index in [4.69, 9.17) is 5.26 Å². The molecule has 0 saturated heterocycles. The van der Waals surface area contributed by atoms with E-state index in [1.54, 1.807) is 0 Å². The Morgan fingerprint density at radius 1 is 1.50 bits per heavy atom. The van der Waals surface area contributed by atoms with Gasteiger partial charge in [-0.3, -0.25) is 4.79 Å². The molecule has 0 amide bonds. The van der Waals surface area contributed by atoms with Crippen molar-refractivity contribution in [3.05, 3.63) is 34.9 Å². The van der Waals surface area contributed by atoms with Crippen LogP contribution in [0, 0.1) is 11.3 Å². The van der Waals surface area contributed by atoms with Crippen LogP contribution >= 0.6 is 15.9 Å². The van der Waals surface area contributed by atoms with Crippen LogP contribution in [0.1, 0.15) is 23.6 Å². The quantitative estimate of drug-likeness (QED) is 0.800. The molecule has 2 nitrogen and oxygen atoms in total. The van der Waals surface area contributed by atoms with Crippen LogP contribution in [-0.4, -0.2) is 10.6 Å². The van der Waals surface area contributed by atoms with Gasteiger partial charge < -0.3 is 0 Å². The van der Waals surface area contributed by atoms with E-state index in [0.717, 1.165) is 12.1 Å². The highest BCUT2D eigenvalue weighted by atomic mass is 79.9. The molecule has 1 aromatic rings. The van der Waals surface area contributed by atoms with Crippen LogP contribution in [0.5, 0.6) is 0 Å². The molecular formula is C12H9BrF3NO. The molecule has 18 heavy (non-hydrogen) atoms. The molecule has 0 N–H and O–H groups in total. The fourth-order valence-corrected chi connectivity index (χ4v) is 1.77. The smallest absolute Gasteiger partial charge is 0.299 e. The molecule has 0 radical (unpaired) electrons. The van der Waals surface area contributed by atoms with Crippen LogP contribution in [0.2, 0.25) is 0 Å². The molecule has 1 unspecified atom stereocenters. The van der Waals surface area contributed by atoms with Gasteiger partial charge in [0.1, 0.15) is 5.78 Å². The molecular weight excluding hydrogens is 311 g/mol. The Bertz CT molecular complexity index is 505. The first-order chi connectivity index (χ1) is 8.25. The minimum absolute atomic E-state index is 0.157. The fourth-order valence-electron chi connectivity index (χ4n) is 1.40. The average molecular weight is 320 g/mol. The molecule has 0 saturated carbocycles. The largest absolute Gasteiger partial charge is 0.417 e. The van der Waals surface area contributed by atoms with Gasteiger partial charge in [-0.05, 0) is 31.0 Å². The zero-order valence-corrected chi connectivity index (χ0v) is 11.0. The van der Waals surface area contributed by atoms with Crippen molar-refractivity contribution >= 4 is 21.7 Å². The predicted molar refractivity (Wildman–Crippen MR) is 63.3 cm³/mol. The van der Waals surface area contributed by atoms with Crippen molar-refractivity contribution < 1.29 is 18.0 Å². The van der Waals surface area contributed by atoms with Gasteiger partial charge in [-0.1, -0.05) is 22.0 Å². The zero-order valence-electron chi connectivity index (χ0n) is 9.38. The maximum atomic E-state index is 12.7. The molecule has 0 aromatic heterocycles. The van der Waals surface area contributed by atoms with Crippen molar-refractivity contribution in [3.63, 3.8) is 0 Å². The standard InChI is InChI=1S/C12H9BrF3NO/c1-7(18)11(13)5-8-2-3-9(6-17)10(4-8)12(14,15)16/h2-4,11H,5H2,1H3. The van der Waals surface area contributed by atoms with E-state index in [2.05, 4.69) is 15.9 Å². The lowest BCUT2D eigenvalue weighted by atomic mass is 10.0. The first-order valence-corrected chi connectivity index (χ1v) is 5.92. The second-order valence-electron chi connectivity index (χ2n) is 3.77. The number of halogens is 4. The number of hydrogen-bond donors (Lipinski definition) is 0. The number of carbonyl (C=O) groups excluding carboxylic acids is 1. The summed E-state index contributed by atoms with van der Waals surface area (Å²) in [5.74, 6) is -0.159. The summed E-state index contributed by atoms with van der Waals surface area (Å²) in [5, 5.41) is 8.63. The first-order valence-electron chi connectivity index (χ1n) is 5.00. The van der Waals surface area contributed by atoms with Crippen LogP contribution in [0.4, 0.5) is 13.2 Å². The van der Waals surface area contributed by atoms with Crippen molar-refractivity contribution in [3.8, 4) is 6.07 Å². The second-order valence-corrected chi connectivity index (χ2v) is 4.88. The fraction of sp³-hybridized carbons (Fsp3) is 0.333. The SMILES string of the molecule is CC(=O)C(Br)Cc1ccc(C#N)c(C(F)(F)F)c1. The van der Waals surface area contributed by atoms with E-state index in [1.165, 1.54) is 19.1 Å². The van der Waals surface area contributed by atoms with Crippen molar-refractivity contribution in [1.29, 1.82) is 5.26 Å². The summed E-state index contributed by atoms with van der Waals surface area (Å²) in [5.41, 5.74) is -1.02. The maximum absolute atomic E-state index is 12.7. The molecule has 0 heterocycles. The van der Waals surface area contributed by atoms with Gasteiger partial charge in [-0.15, -0.1) is 0 Å². The summed E-state index contributed by atoms with van der Waals surface area (Å²) in [6.07, 6.45) is -4.41. The summed E-state index contributed by atoms with van der Waals surface area (Å²) < 4.78 is 38.0. The van der Waals surface area contributed by atoms with Crippen molar-refractivity contribution in [1.82, 2.24) is 0 Å². The number of ketones is 1. The lowest BCUT2D eigenvalue weighted by molar-refractivity contribution is -0.137. The van der Waals surface area contributed by atoms with Gasteiger partial charge in [0.2, 0.25) is 0 Å². The molecule has 0 fully saturated rings. The molecule has 1 atom stereocenters. The first kappa shape index (κ1) is 14.7. The molecule has 0 aliphatic rings. The highest BCUT2D eigenvalue weighted by Gasteiger charge is 2.33. The molecule has 1 rings (SSSR count). The molecule has 1 aromatic carbocycles. The average Bonchev–Trinajstić information content (AvgIpc) is 2.27. The minimum Gasteiger partial charge on any atom is -0.299 e. The Balaban J connectivity index is 3.12. The predicted octanol–water partition coefficient (Wildman–Crippen LogP) is 3.47. The second kappa shape index (κ2) is 5.53. The molecule has 96 valence electrons. The number of hydrogen-bond acceptors (Lipinski definition) is 2. The van der Waals surface area contributed by atoms with Gasteiger partial charge in [0, 0.05) is 0 Å². The molecule has 0 bridgehead atoms. The maximum Gasteiger partial charge on any atom is 0.417 e. The number of Topliss-reactive ketones (excluding diaryl/α,β-unsaturated/α-hetero) is 1. The third-order valence-corrected chi connectivity index (χ3v) is 3.33. The van der Waals surface area contributed by atoms with Crippen LogP contribution in [-0.2, 0) is 17.4 Å². The van der Waals surface area contributed by atoms with Crippen LogP contribution in [0.25, 0.3) is 0 Å². The van der Waals surface area contributed by atoms with Gasteiger partial charge >= 0.3 is 6.18 Å². The topological polar surface area (TPSA) is 40.9 Å². The summed E-state index contributed by atoms with van der Waals surface area (Å²) in [6, 6.07) is 4.96. The zero-order chi connectivity index (χ0) is 13.9. The van der Waals surface area contributed by atoms with E-state index in [1.807, 2.05) is 0 Å². The Hall–Kier alpha value is -1.35. The Kier molecular flexibility index (Phi) is 4.52. The number of rotatable bonds is 3.